The van der Waals surface area contributed by atoms with Crippen LogP contribution in [-0.2, 0) is 11.2 Å². The summed E-state index contributed by atoms with van der Waals surface area (Å²) >= 11 is 0. The molecule has 2 aromatic carbocycles. The maximum absolute atomic E-state index is 12.6. The number of hydrogen-bond donors (Lipinski definition) is 2. The van der Waals surface area contributed by atoms with E-state index in [1.165, 1.54) is 5.56 Å². The van der Waals surface area contributed by atoms with Gasteiger partial charge in [-0.3, -0.25) is 14.5 Å². The van der Waals surface area contributed by atoms with Gasteiger partial charge in [-0.1, -0.05) is 24.3 Å². The van der Waals surface area contributed by atoms with Gasteiger partial charge in [0, 0.05) is 45.2 Å². The predicted octanol–water partition coefficient (Wildman–Crippen LogP) is 2.78. The average molecular weight is 415 g/mol. The fourth-order valence-electron chi connectivity index (χ4n) is 4.24. The number of hydrogen-bond acceptors (Lipinski definition) is 4. The zero-order valence-corrected chi connectivity index (χ0v) is 17.5. The van der Waals surface area contributed by atoms with Crippen molar-refractivity contribution in [3.05, 3.63) is 64.4 Å². The van der Waals surface area contributed by atoms with Gasteiger partial charge in [-0.25, -0.2) is 4.98 Å². The van der Waals surface area contributed by atoms with Crippen LogP contribution in [0.1, 0.15) is 12.5 Å². The van der Waals surface area contributed by atoms with Gasteiger partial charge in [-0.2, -0.15) is 0 Å². The van der Waals surface area contributed by atoms with Gasteiger partial charge in [0.15, 0.2) is 0 Å². The normalized spacial score (nSPS) is 15.1. The first-order valence-electron chi connectivity index (χ1n) is 10.7. The topological polar surface area (TPSA) is 85.1 Å². The highest BCUT2D eigenvalue weighted by molar-refractivity contribution is 5.85. The van der Waals surface area contributed by atoms with Gasteiger partial charge in [0.05, 0.1) is 16.6 Å². The van der Waals surface area contributed by atoms with Crippen molar-refractivity contribution in [1.82, 2.24) is 24.8 Å². The van der Waals surface area contributed by atoms with Gasteiger partial charge < -0.3 is 14.9 Å². The minimum absolute atomic E-state index is 0.150. The molecule has 7 nitrogen and oxygen atoms in total. The first kappa shape index (κ1) is 19.5. The van der Waals surface area contributed by atoms with Crippen molar-refractivity contribution in [2.45, 2.75) is 13.3 Å². The van der Waals surface area contributed by atoms with E-state index in [0.29, 0.717) is 11.4 Å². The number of carbonyl (C=O) groups is 1. The van der Waals surface area contributed by atoms with Crippen LogP contribution < -0.4 is 5.56 Å². The third kappa shape index (κ3) is 3.96. The molecule has 158 valence electrons. The van der Waals surface area contributed by atoms with Crippen LogP contribution in [-0.4, -0.2) is 63.4 Å². The fraction of sp³-hybridized carbons (Fsp3) is 0.292. The molecule has 0 radical (unpaired) electrons. The molecule has 0 atom stereocenters. The van der Waals surface area contributed by atoms with E-state index in [2.05, 4.69) is 32.0 Å². The maximum atomic E-state index is 12.6. The lowest BCUT2D eigenvalue weighted by atomic mass is 10.1. The minimum atomic E-state index is -0.150. The summed E-state index contributed by atoms with van der Waals surface area (Å²) in [7, 11) is 0. The smallest absolute Gasteiger partial charge is 0.259 e. The number of nitrogens with zero attached hydrogens (tertiary/aromatic N) is 3. The van der Waals surface area contributed by atoms with Gasteiger partial charge >= 0.3 is 0 Å². The molecule has 0 bridgehead atoms. The Kier molecular flexibility index (Phi) is 5.03. The number of nitrogens with one attached hydrogen (secondary N) is 2. The quantitative estimate of drug-likeness (QED) is 0.537. The van der Waals surface area contributed by atoms with Crippen molar-refractivity contribution in [2.24, 2.45) is 0 Å². The Bertz CT molecular complexity index is 1310. The van der Waals surface area contributed by atoms with E-state index in [9.17, 15) is 9.59 Å². The van der Waals surface area contributed by atoms with Crippen LogP contribution in [0.25, 0.3) is 33.3 Å². The second-order valence-electron chi connectivity index (χ2n) is 8.13. The van der Waals surface area contributed by atoms with E-state index in [-0.39, 0.29) is 11.5 Å². The van der Waals surface area contributed by atoms with Crippen LogP contribution in [0.15, 0.2) is 53.3 Å². The number of para-hydroxylation sites is 1. The molecule has 0 spiro atoms. The van der Waals surface area contributed by atoms with Crippen molar-refractivity contribution in [3.8, 4) is 11.4 Å². The number of fused-ring (bicyclic) bond motifs is 2. The Hall–Kier alpha value is -3.45. The van der Waals surface area contributed by atoms with E-state index < -0.39 is 0 Å². The van der Waals surface area contributed by atoms with Crippen molar-refractivity contribution in [3.63, 3.8) is 0 Å². The highest BCUT2D eigenvalue weighted by Gasteiger charge is 2.18. The largest absolute Gasteiger partial charge is 0.340 e. The predicted molar refractivity (Wildman–Crippen MR) is 122 cm³/mol. The molecule has 1 aliphatic heterocycles. The molecule has 0 saturated carbocycles. The number of amides is 1. The van der Waals surface area contributed by atoms with E-state index >= 15 is 0 Å². The van der Waals surface area contributed by atoms with E-state index in [1.807, 2.05) is 41.3 Å². The lowest BCUT2D eigenvalue weighted by Crippen LogP contribution is -2.48. The van der Waals surface area contributed by atoms with Crippen molar-refractivity contribution in [1.29, 1.82) is 0 Å². The summed E-state index contributed by atoms with van der Waals surface area (Å²) in [5, 5.41) is 0.975. The molecule has 0 aliphatic carbocycles. The molecule has 5 rings (SSSR count). The van der Waals surface area contributed by atoms with Crippen LogP contribution in [0.3, 0.4) is 0 Å². The van der Waals surface area contributed by atoms with Gasteiger partial charge in [0.2, 0.25) is 5.91 Å². The Morgan fingerprint density at radius 2 is 1.81 bits per heavy atom. The number of piperazine rings is 1. The summed E-state index contributed by atoms with van der Waals surface area (Å²) in [6.07, 6.45) is 0.931. The lowest BCUT2D eigenvalue weighted by Gasteiger charge is -2.34. The minimum Gasteiger partial charge on any atom is -0.340 e. The summed E-state index contributed by atoms with van der Waals surface area (Å²) in [4.78, 5) is 39.3. The molecule has 1 fully saturated rings. The van der Waals surface area contributed by atoms with Crippen LogP contribution >= 0.6 is 0 Å². The number of aromatic amines is 2. The van der Waals surface area contributed by atoms with E-state index in [4.69, 9.17) is 0 Å². The van der Waals surface area contributed by atoms with Gasteiger partial charge in [0.25, 0.3) is 5.56 Å². The lowest BCUT2D eigenvalue weighted by molar-refractivity contribution is -0.130. The molecular weight excluding hydrogens is 390 g/mol. The Morgan fingerprint density at radius 3 is 2.61 bits per heavy atom. The van der Waals surface area contributed by atoms with Crippen LogP contribution in [0.4, 0.5) is 0 Å². The maximum Gasteiger partial charge on any atom is 0.259 e. The molecule has 1 saturated heterocycles. The summed E-state index contributed by atoms with van der Waals surface area (Å²) in [6.45, 7) is 6.04. The van der Waals surface area contributed by atoms with E-state index in [0.717, 1.165) is 61.1 Å². The number of pyridine rings is 1. The zero-order chi connectivity index (χ0) is 21.4. The third-order valence-electron chi connectivity index (χ3n) is 6.09. The SMILES string of the molecule is CC(=O)N1CCN(CCc2ccc3nc(-c4cc5ccccc5[nH]c4=O)[nH]c3c2)CC1. The molecule has 0 unspecified atom stereocenters. The van der Waals surface area contributed by atoms with Crippen LogP contribution in [0, 0.1) is 0 Å². The number of aromatic nitrogens is 3. The number of benzene rings is 2. The second-order valence-corrected chi connectivity index (χ2v) is 8.13. The first-order chi connectivity index (χ1) is 15.1. The summed E-state index contributed by atoms with van der Waals surface area (Å²) < 4.78 is 0. The monoisotopic (exact) mass is 415 g/mol. The van der Waals surface area contributed by atoms with Gasteiger partial charge in [-0.15, -0.1) is 0 Å². The highest BCUT2D eigenvalue weighted by Crippen LogP contribution is 2.22. The Balaban J connectivity index is 1.33. The number of rotatable bonds is 4. The second kappa shape index (κ2) is 8.00. The van der Waals surface area contributed by atoms with Crippen LogP contribution in [0.5, 0.6) is 0 Å². The van der Waals surface area contributed by atoms with Gasteiger partial charge in [0.1, 0.15) is 5.82 Å². The third-order valence-corrected chi connectivity index (χ3v) is 6.09. The number of H-pyrrole nitrogens is 2. The van der Waals surface area contributed by atoms with Gasteiger partial charge in [-0.05, 0) is 41.6 Å². The molecule has 3 heterocycles. The molecule has 4 aromatic rings. The van der Waals surface area contributed by atoms with E-state index in [1.54, 1.807) is 6.92 Å². The molecule has 31 heavy (non-hydrogen) atoms. The number of carbonyl (C=O) groups excluding carboxylic acids is 1. The standard InChI is InChI=1S/C24H25N5O2/c1-16(30)29-12-10-28(11-13-29)9-8-17-6-7-21-22(14-17)26-23(25-21)19-15-18-4-2-3-5-20(18)27-24(19)31/h2-7,14-15H,8-13H2,1H3,(H,25,26)(H,27,31). The molecular formula is C24H25N5O2. The summed E-state index contributed by atoms with van der Waals surface area (Å²) in [6, 6.07) is 15.8. The van der Waals surface area contributed by atoms with Crippen molar-refractivity contribution < 1.29 is 4.79 Å². The molecule has 7 heteroatoms. The Morgan fingerprint density at radius 1 is 1.00 bits per heavy atom. The molecule has 2 aromatic heterocycles. The number of imidazole rings is 1. The summed E-state index contributed by atoms with van der Waals surface area (Å²) in [5.41, 5.74) is 4.22. The highest BCUT2D eigenvalue weighted by atomic mass is 16.2. The average Bonchev–Trinajstić information content (AvgIpc) is 3.20. The van der Waals surface area contributed by atoms with Crippen molar-refractivity contribution >= 4 is 27.8 Å². The first-order valence-corrected chi connectivity index (χ1v) is 10.7. The Labute approximate surface area is 179 Å². The molecule has 2 N–H and O–H groups in total. The fourth-order valence-corrected chi connectivity index (χ4v) is 4.24. The summed E-state index contributed by atoms with van der Waals surface area (Å²) in [5.74, 6) is 0.741. The van der Waals surface area contributed by atoms with Crippen LogP contribution in [0.2, 0.25) is 0 Å². The molecule has 1 aliphatic rings. The molecule has 1 amide bonds. The van der Waals surface area contributed by atoms with Crippen molar-refractivity contribution in [2.75, 3.05) is 32.7 Å². The zero-order valence-electron chi connectivity index (χ0n) is 17.5.